The van der Waals surface area contributed by atoms with Crippen LogP contribution >= 0.6 is 15.9 Å². The monoisotopic (exact) mass is 384 g/mol. The zero-order valence-corrected chi connectivity index (χ0v) is 14.8. The third kappa shape index (κ3) is 3.66. The number of halogens is 2. The van der Waals surface area contributed by atoms with E-state index in [0.29, 0.717) is 18.3 Å². The maximum absolute atomic E-state index is 12.4. The predicted molar refractivity (Wildman–Crippen MR) is 91.6 cm³/mol. The van der Waals surface area contributed by atoms with Gasteiger partial charge in [-0.05, 0) is 61.0 Å². The zero-order chi connectivity index (χ0) is 16.4. The lowest BCUT2D eigenvalue weighted by Crippen LogP contribution is -2.20. The lowest BCUT2D eigenvalue weighted by Gasteiger charge is -2.25. The van der Waals surface area contributed by atoms with E-state index in [1.807, 2.05) is 11.4 Å². The van der Waals surface area contributed by atoms with Crippen molar-refractivity contribution in [2.75, 3.05) is 12.0 Å². The molecule has 2 N–H and O–H groups in total. The molecule has 0 spiro atoms. The van der Waals surface area contributed by atoms with E-state index in [1.165, 1.54) is 0 Å². The second-order valence-corrected chi connectivity index (χ2v) is 7.18. The van der Waals surface area contributed by atoms with Gasteiger partial charge in [-0.2, -0.15) is 0 Å². The van der Waals surface area contributed by atoms with Crippen molar-refractivity contribution in [3.63, 3.8) is 0 Å². The zero-order valence-electron chi connectivity index (χ0n) is 13.2. The summed E-state index contributed by atoms with van der Waals surface area (Å²) in [6.45, 7) is 1.56. The number of rotatable bonds is 5. The molecule has 1 atom stereocenters. The Morgan fingerprint density at radius 3 is 2.87 bits per heavy atom. The molecule has 0 bridgehead atoms. The van der Waals surface area contributed by atoms with Crippen LogP contribution in [0.2, 0.25) is 0 Å². The Labute approximate surface area is 143 Å². The predicted octanol–water partition coefficient (Wildman–Crippen LogP) is 3.67. The fourth-order valence-electron chi connectivity index (χ4n) is 3.16. The first kappa shape index (κ1) is 16.6. The Morgan fingerprint density at radius 2 is 2.17 bits per heavy atom. The fourth-order valence-corrected chi connectivity index (χ4v) is 3.67. The van der Waals surface area contributed by atoms with Crippen LogP contribution in [-0.4, -0.2) is 38.5 Å². The van der Waals surface area contributed by atoms with Gasteiger partial charge in [0.2, 0.25) is 5.95 Å². The molecule has 0 aromatic carbocycles. The Kier molecular flexibility index (Phi) is 5.16. The van der Waals surface area contributed by atoms with Crippen LogP contribution in [0.15, 0.2) is 16.7 Å². The van der Waals surface area contributed by atoms with Gasteiger partial charge in [0, 0.05) is 22.1 Å². The number of aliphatic hydroxyl groups is 1. The lowest BCUT2D eigenvalue weighted by molar-refractivity contribution is 0.121. The van der Waals surface area contributed by atoms with Crippen LogP contribution in [0.5, 0.6) is 0 Å². The topological polar surface area (TPSA) is 62.5 Å². The molecular weight excluding hydrogens is 363 g/mol. The van der Waals surface area contributed by atoms with E-state index in [2.05, 4.69) is 37.4 Å². The van der Waals surface area contributed by atoms with E-state index in [0.717, 1.165) is 41.4 Å². The van der Waals surface area contributed by atoms with Crippen molar-refractivity contribution in [3.05, 3.63) is 22.4 Å². The average molecular weight is 385 g/mol. The number of hydrogen-bond donors (Lipinski definition) is 2. The first-order valence-corrected chi connectivity index (χ1v) is 8.92. The summed E-state index contributed by atoms with van der Waals surface area (Å²) in [6, 6.07) is 2.09. The highest BCUT2D eigenvalue weighted by Gasteiger charge is 2.24. The highest BCUT2D eigenvalue weighted by atomic mass is 79.9. The molecule has 0 amide bonds. The maximum atomic E-state index is 12.4. The van der Waals surface area contributed by atoms with Gasteiger partial charge in [0.15, 0.2) is 0 Å². The van der Waals surface area contributed by atoms with Gasteiger partial charge in [0.25, 0.3) is 0 Å². The van der Waals surface area contributed by atoms with Crippen LogP contribution in [0.4, 0.5) is 10.3 Å². The number of anilines is 1. The summed E-state index contributed by atoms with van der Waals surface area (Å²) in [5, 5.41) is 17.4. The summed E-state index contributed by atoms with van der Waals surface area (Å²) in [7, 11) is 0. The van der Waals surface area contributed by atoms with Crippen LogP contribution in [0, 0.1) is 0 Å². The van der Waals surface area contributed by atoms with Crippen molar-refractivity contribution < 1.29 is 9.50 Å². The standard InChI is InChI=1S/C16H22BrFN4O/c1-10(6-7-18)20-16-19-9-15-13(17)8-14(22(15)21-16)11-2-4-12(23)5-3-11/h8-12,23H,2-7H2,1H3,(H,20,21)/t10-,11-,12-/m0/s1. The van der Waals surface area contributed by atoms with Crippen LogP contribution < -0.4 is 5.32 Å². The van der Waals surface area contributed by atoms with Gasteiger partial charge >= 0.3 is 0 Å². The molecule has 0 unspecified atom stereocenters. The lowest BCUT2D eigenvalue weighted by atomic mass is 9.85. The molecule has 1 aliphatic carbocycles. The molecular formula is C16H22BrFN4O. The minimum Gasteiger partial charge on any atom is -0.393 e. The van der Waals surface area contributed by atoms with Crippen molar-refractivity contribution in [1.29, 1.82) is 0 Å². The molecule has 2 heterocycles. The Balaban J connectivity index is 1.89. The van der Waals surface area contributed by atoms with Crippen LogP contribution in [0.1, 0.15) is 50.6 Å². The van der Waals surface area contributed by atoms with Crippen molar-refractivity contribution in [2.24, 2.45) is 0 Å². The SMILES string of the molecule is C[C@@H](CCF)Nc1ncc2c(Br)cc([C@H]3CC[C@H](O)CC3)n2n1. The first-order chi connectivity index (χ1) is 11.1. The summed E-state index contributed by atoms with van der Waals surface area (Å²) in [4.78, 5) is 4.32. The number of aromatic nitrogens is 3. The van der Waals surface area contributed by atoms with E-state index in [-0.39, 0.29) is 18.8 Å². The normalized spacial score (nSPS) is 23.1. The number of hydrogen-bond acceptors (Lipinski definition) is 4. The average Bonchev–Trinajstić information content (AvgIpc) is 2.85. The molecule has 0 radical (unpaired) electrons. The maximum Gasteiger partial charge on any atom is 0.241 e. The smallest absolute Gasteiger partial charge is 0.241 e. The fraction of sp³-hybridized carbons (Fsp3) is 0.625. The number of nitrogens with zero attached hydrogens (tertiary/aromatic N) is 3. The number of alkyl halides is 1. The number of nitrogens with one attached hydrogen (secondary N) is 1. The summed E-state index contributed by atoms with van der Waals surface area (Å²) in [6.07, 6.45) is 5.63. The summed E-state index contributed by atoms with van der Waals surface area (Å²) < 4.78 is 15.3. The highest BCUT2D eigenvalue weighted by molar-refractivity contribution is 9.10. The number of aliphatic hydroxyl groups excluding tert-OH is 1. The van der Waals surface area contributed by atoms with Crippen LogP contribution in [0.3, 0.4) is 0 Å². The van der Waals surface area contributed by atoms with Gasteiger partial charge in [-0.15, -0.1) is 5.10 Å². The summed E-state index contributed by atoms with van der Waals surface area (Å²) in [5.74, 6) is 0.904. The van der Waals surface area contributed by atoms with E-state index in [4.69, 9.17) is 0 Å². The van der Waals surface area contributed by atoms with E-state index < -0.39 is 0 Å². The molecule has 1 fully saturated rings. The van der Waals surface area contributed by atoms with Crippen LogP contribution in [0.25, 0.3) is 5.52 Å². The molecule has 1 saturated carbocycles. The molecule has 23 heavy (non-hydrogen) atoms. The second-order valence-electron chi connectivity index (χ2n) is 6.32. The molecule has 0 saturated heterocycles. The van der Waals surface area contributed by atoms with E-state index in [9.17, 15) is 9.50 Å². The molecule has 126 valence electrons. The molecule has 2 aromatic rings. The quantitative estimate of drug-likeness (QED) is 0.825. The van der Waals surface area contributed by atoms with Gasteiger partial charge in [-0.25, -0.2) is 9.50 Å². The van der Waals surface area contributed by atoms with E-state index in [1.54, 1.807) is 6.20 Å². The largest absolute Gasteiger partial charge is 0.393 e. The minimum atomic E-state index is -0.360. The van der Waals surface area contributed by atoms with Gasteiger partial charge in [0.1, 0.15) is 0 Å². The summed E-state index contributed by atoms with van der Waals surface area (Å²) in [5.41, 5.74) is 2.07. The minimum absolute atomic E-state index is 0.00951. The Hall–Kier alpha value is -1.21. The second kappa shape index (κ2) is 7.13. The molecule has 5 nitrogen and oxygen atoms in total. The molecule has 3 rings (SSSR count). The third-order valence-corrected chi connectivity index (χ3v) is 5.16. The van der Waals surface area contributed by atoms with Gasteiger partial charge in [-0.1, -0.05) is 0 Å². The molecule has 1 aliphatic rings. The van der Waals surface area contributed by atoms with Crippen molar-refractivity contribution in [3.8, 4) is 0 Å². The van der Waals surface area contributed by atoms with Crippen molar-refractivity contribution >= 4 is 27.4 Å². The Morgan fingerprint density at radius 1 is 1.43 bits per heavy atom. The van der Waals surface area contributed by atoms with Gasteiger partial charge in [0.05, 0.1) is 24.5 Å². The first-order valence-electron chi connectivity index (χ1n) is 8.13. The third-order valence-electron chi connectivity index (χ3n) is 4.53. The Bertz CT molecular complexity index is 669. The highest BCUT2D eigenvalue weighted by Crippen LogP contribution is 2.36. The van der Waals surface area contributed by atoms with Gasteiger partial charge < -0.3 is 10.4 Å². The van der Waals surface area contributed by atoms with E-state index >= 15 is 0 Å². The van der Waals surface area contributed by atoms with Crippen LogP contribution in [-0.2, 0) is 0 Å². The molecule has 0 aliphatic heterocycles. The van der Waals surface area contributed by atoms with Crippen molar-refractivity contribution in [2.45, 2.75) is 57.1 Å². The summed E-state index contributed by atoms with van der Waals surface area (Å²) >= 11 is 3.58. The van der Waals surface area contributed by atoms with Crippen molar-refractivity contribution in [1.82, 2.24) is 14.6 Å². The molecule has 2 aromatic heterocycles. The molecule has 7 heteroatoms. The van der Waals surface area contributed by atoms with Gasteiger partial charge in [-0.3, -0.25) is 4.39 Å². The number of fused-ring (bicyclic) bond motifs is 1.